The Bertz CT molecular complexity index is 273. The van der Waals surface area contributed by atoms with Crippen LogP contribution in [0.1, 0.15) is 5.76 Å². The zero-order chi connectivity index (χ0) is 10.1. The topological polar surface area (TPSA) is 16.4 Å². The lowest BCUT2D eigenvalue weighted by Crippen LogP contribution is -2.36. The number of nitrogens with zero attached hydrogens (tertiary/aromatic N) is 1. The standard InChI is InChI=1S/C10H19NOSi/c1-11(2)8-9-6-7-10(12-9)13(3,4)5/h6-7H,8H2,1-5H3. The van der Waals surface area contributed by atoms with E-state index in [0.29, 0.717) is 0 Å². The first-order chi connectivity index (χ1) is 5.89. The predicted octanol–water partition coefficient (Wildman–Crippen LogP) is 1.89. The van der Waals surface area contributed by atoms with Gasteiger partial charge in [0.1, 0.15) is 13.8 Å². The zero-order valence-electron chi connectivity index (χ0n) is 9.22. The minimum absolute atomic E-state index is 0.893. The van der Waals surface area contributed by atoms with Crippen molar-refractivity contribution in [2.45, 2.75) is 26.2 Å². The first-order valence-electron chi connectivity index (χ1n) is 4.63. The van der Waals surface area contributed by atoms with Crippen LogP contribution in [0.25, 0.3) is 0 Å². The van der Waals surface area contributed by atoms with Gasteiger partial charge in [-0.1, -0.05) is 19.6 Å². The van der Waals surface area contributed by atoms with Gasteiger partial charge in [-0.25, -0.2) is 0 Å². The highest BCUT2D eigenvalue weighted by atomic mass is 28.3. The molecule has 13 heavy (non-hydrogen) atoms. The Morgan fingerprint density at radius 2 is 1.85 bits per heavy atom. The Labute approximate surface area is 81.6 Å². The molecule has 1 aromatic heterocycles. The summed E-state index contributed by atoms with van der Waals surface area (Å²) in [5, 5.41) is 1.20. The lowest BCUT2D eigenvalue weighted by Gasteiger charge is -2.12. The molecule has 0 saturated heterocycles. The maximum absolute atomic E-state index is 5.78. The summed E-state index contributed by atoms with van der Waals surface area (Å²) in [6.45, 7) is 7.78. The van der Waals surface area contributed by atoms with Crippen molar-refractivity contribution in [1.29, 1.82) is 0 Å². The molecule has 0 bridgehead atoms. The van der Waals surface area contributed by atoms with Crippen molar-refractivity contribution in [2.75, 3.05) is 14.1 Å². The fraction of sp³-hybridized carbons (Fsp3) is 0.600. The van der Waals surface area contributed by atoms with E-state index in [9.17, 15) is 0 Å². The van der Waals surface area contributed by atoms with Gasteiger partial charge in [-0.15, -0.1) is 0 Å². The van der Waals surface area contributed by atoms with Gasteiger partial charge in [-0.05, 0) is 26.2 Å². The SMILES string of the molecule is CN(C)Cc1ccc([Si](C)(C)C)o1. The summed E-state index contributed by atoms with van der Waals surface area (Å²) >= 11 is 0. The predicted molar refractivity (Wildman–Crippen MR) is 59.1 cm³/mol. The largest absolute Gasteiger partial charge is 0.470 e. The summed E-state index contributed by atoms with van der Waals surface area (Å²) in [6.07, 6.45) is 0. The molecule has 0 radical (unpaired) electrons. The molecule has 1 rings (SSSR count). The first-order valence-corrected chi connectivity index (χ1v) is 8.13. The van der Waals surface area contributed by atoms with Crippen LogP contribution in [-0.2, 0) is 6.54 Å². The van der Waals surface area contributed by atoms with E-state index in [4.69, 9.17) is 4.42 Å². The first kappa shape index (κ1) is 10.5. The smallest absolute Gasteiger partial charge is 0.123 e. The van der Waals surface area contributed by atoms with Gasteiger partial charge in [0.05, 0.1) is 11.9 Å². The van der Waals surface area contributed by atoms with E-state index >= 15 is 0 Å². The quantitative estimate of drug-likeness (QED) is 0.688. The molecule has 0 fully saturated rings. The van der Waals surface area contributed by atoms with Gasteiger partial charge in [-0.3, -0.25) is 0 Å². The Balaban J connectivity index is 2.75. The molecule has 0 aliphatic heterocycles. The third kappa shape index (κ3) is 3.01. The molecule has 0 amide bonds. The maximum atomic E-state index is 5.78. The van der Waals surface area contributed by atoms with E-state index < -0.39 is 8.07 Å². The van der Waals surface area contributed by atoms with Crippen molar-refractivity contribution in [3.63, 3.8) is 0 Å². The van der Waals surface area contributed by atoms with E-state index in [1.165, 1.54) is 5.38 Å². The van der Waals surface area contributed by atoms with Crippen molar-refractivity contribution in [2.24, 2.45) is 0 Å². The minimum atomic E-state index is -1.25. The van der Waals surface area contributed by atoms with Crippen molar-refractivity contribution >= 4 is 13.5 Å². The molecule has 3 heteroatoms. The molecule has 1 heterocycles. The number of hydrogen-bond donors (Lipinski definition) is 0. The lowest BCUT2D eigenvalue weighted by molar-refractivity contribution is 0.356. The van der Waals surface area contributed by atoms with Crippen LogP contribution in [0.3, 0.4) is 0 Å². The van der Waals surface area contributed by atoms with E-state index in [2.05, 4.69) is 50.8 Å². The second-order valence-electron chi connectivity index (χ2n) is 4.75. The summed E-state index contributed by atoms with van der Waals surface area (Å²) in [5.74, 6) is 1.07. The Hall–Kier alpha value is -0.543. The molecule has 0 aliphatic rings. The van der Waals surface area contributed by atoms with Crippen LogP contribution < -0.4 is 5.38 Å². The Kier molecular flexibility index (Phi) is 2.98. The molecule has 74 valence electrons. The summed E-state index contributed by atoms with van der Waals surface area (Å²) in [5.41, 5.74) is 0. The average molecular weight is 197 g/mol. The molecule has 0 N–H and O–H groups in total. The number of rotatable bonds is 3. The van der Waals surface area contributed by atoms with Crippen LogP contribution >= 0.6 is 0 Å². The fourth-order valence-electron chi connectivity index (χ4n) is 1.18. The van der Waals surface area contributed by atoms with Gasteiger partial charge in [0, 0.05) is 0 Å². The van der Waals surface area contributed by atoms with Crippen LogP contribution in [-0.4, -0.2) is 27.1 Å². The summed E-state index contributed by atoms with van der Waals surface area (Å²) in [6, 6.07) is 4.22. The second-order valence-corrected chi connectivity index (χ2v) is 9.75. The molecule has 2 nitrogen and oxygen atoms in total. The molecular formula is C10H19NOSi. The summed E-state index contributed by atoms with van der Waals surface area (Å²) < 4.78 is 5.78. The van der Waals surface area contributed by atoms with Gasteiger partial charge in [0.2, 0.25) is 0 Å². The van der Waals surface area contributed by atoms with E-state index in [-0.39, 0.29) is 0 Å². The Morgan fingerprint density at radius 1 is 1.23 bits per heavy atom. The van der Waals surface area contributed by atoms with Crippen molar-refractivity contribution < 1.29 is 4.42 Å². The average Bonchev–Trinajstić information content (AvgIpc) is 2.32. The van der Waals surface area contributed by atoms with Crippen molar-refractivity contribution in [1.82, 2.24) is 4.90 Å². The number of hydrogen-bond acceptors (Lipinski definition) is 2. The molecule has 0 spiro atoms. The third-order valence-electron chi connectivity index (χ3n) is 1.87. The Morgan fingerprint density at radius 3 is 2.23 bits per heavy atom. The van der Waals surface area contributed by atoms with Gasteiger partial charge < -0.3 is 9.32 Å². The third-order valence-corrected chi connectivity index (χ3v) is 3.62. The van der Waals surface area contributed by atoms with Crippen LogP contribution in [0.4, 0.5) is 0 Å². The lowest BCUT2D eigenvalue weighted by atomic mass is 10.4. The monoisotopic (exact) mass is 197 g/mol. The molecule has 0 aliphatic carbocycles. The highest BCUT2D eigenvalue weighted by molar-refractivity contribution is 6.87. The highest BCUT2D eigenvalue weighted by Crippen LogP contribution is 2.07. The van der Waals surface area contributed by atoms with Crippen LogP contribution in [0.5, 0.6) is 0 Å². The van der Waals surface area contributed by atoms with E-state index in [0.717, 1.165) is 12.3 Å². The van der Waals surface area contributed by atoms with Gasteiger partial charge in [-0.2, -0.15) is 0 Å². The maximum Gasteiger partial charge on any atom is 0.123 e. The molecule has 1 aromatic rings. The number of furan rings is 1. The van der Waals surface area contributed by atoms with E-state index in [1.54, 1.807) is 0 Å². The highest BCUT2D eigenvalue weighted by Gasteiger charge is 2.20. The normalized spacial score (nSPS) is 12.5. The molecule has 0 atom stereocenters. The van der Waals surface area contributed by atoms with Crippen LogP contribution in [0, 0.1) is 0 Å². The van der Waals surface area contributed by atoms with Crippen LogP contribution in [0.2, 0.25) is 19.6 Å². The van der Waals surface area contributed by atoms with Gasteiger partial charge >= 0.3 is 0 Å². The summed E-state index contributed by atoms with van der Waals surface area (Å²) in [4.78, 5) is 2.12. The van der Waals surface area contributed by atoms with Crippen molar-refractivity contribution in [3.8, 4) is 0 Å². The molecule has 0 aromatic carbocycles. The molecule has 0 unspecified atom stereocenters. The zero-order valence-corrected chi connectivity index (χ0v) is 10.2. The summed E-state index contributed by atoms with van der Waals surface area (Å²) in [7, 11) is 2.86. The minimum Gasteiger partial charge on any atom is -0.470 e. The van der Waals surface area contributed by atoms with Crippen molar-refractivity contribution in [3.05, 3.63) is 17.9 Å². The van der Waals surface area contributed by atoms with Gasteiger partial charge in [0.15, 0.2) is 0 Å². The van der Waals surface area contributed by atoms with Crippen LogP contribution in [0.15, 0.2) is 16.5 Å². The van der Waals surface area contributed by atoms with Gasteiger partial charge in [0.25, 0.3) is 0 Å². The fourth-order valence-corrected chi connectivity index (χ4v) is 2.20. The molecule has 0 saturated carbocycles. The second kappa shape index (κ2) is 3.68. The van der Waals surface area contributed by atoms with E-state index in [1.807, 2.05) is 0 Å². The molecular weight excluding hydrogens is 178 g/mol.